The third kappa shape index (κ3) is 2.36. The van der Waals surface area contributed by atoms with E-state index in [2.05, 4.69) is 30.5 Å². The summed E-state index contributed by atoms with van der Waals surface area (Å²) >= 11 is 0. The SMILES string of the molecule is Cc1cc(NC(=O)NCc2nnc3n2CCC3)n(C)n1. The largest absolute Gasteiger partial charge is 0.331 e. The average Bonchev–Trinajstić information content (AvgIpc) is 3.04. The number of aryl methyl sites for hydroxylation is 3. The molecule has 0 saturated heterocycles. The molecule has 0 unspecified atom stereocenters. The van der Waals surface area contributed by atoms with Crippen LogP contribution in [0.1, 0.15) is 23.8 Å². The first kappa shape index (κ1) is 12.6. The van der Waals surface area contributed by atoms with Gasteiger partial charge in [-0.25, -0.2) is 4.79 Å². The smallest absolute Gasteiger partial charge is 0.320 e. The van der Waals surface area contributed by atoms with Gasteiger partial charge in [0.1, 0.15) is 11.6 Å². The van der Waals surface area contributed by atoms with Gasteiger partial charge in [-0.15, -0.1) is 10.2 Å². The fraction of sp³-hybridized carbons (Fsp3) is 0.500. The van der Waals surface area contributed by atoms with Crippen molar-refractivity contribution in [1.82, 2.24) is 29.9 Å². The molecule has 0 aliphatic carbocycles. The maximum Gasteiger partial charge on any atom is 0.320 e. The molecule has 2 N–H and O–H groups in total. The molecule has 1 aliphatic rings. The third-order valence-corrected chi connectivity index (χ3v) is 3.34. The first-order valence-electron chi connectivity index (χ1n) is 6.60. The Balaban J connectivity index is 1.58. The van der Waals surface area contributed by atoms with Crippen LogP contribution in [0.25, 0.3) is 0 Å². The van der Waals surface area contributed by atoms with Gasteiger partial charge in [-0.2, -0.15) is 5.10 Å². The Bertz CT molecular complexity index is 642. The molecular weight excluding hydrogens is 258 g/mol. The van der Waals surface area contributed by atoms with Gasteiger partial charge in [0, 0.05) is 26.1 Å². The minimum Gasteiger partial charge on any atom is -0.331 e. The summed E-state index contributed by atoms with van der Waals surface area (Å²) in [5.74, 6) is 2.46. The van der Waals surface area contributed by atoms with E-state index in [0.29, 0.717) is 12.4 Å². The van der Waals surface area contributed by atoms with Crippen LogP contribution in [-0.4, -0.2) is 30.6 Å². The molecule has 20 heavy (non-hydrogen) atoms. The highest BCUT2D eigenvalue weighted by Gasteiger charge is 2.17. The van der Waals surface area contributed by atoms with Gasteiger partial charge in [-0.3, -0.25) is 10.00 Å². The number of anilines is 1. The van der Waals surface area contributed by atoms with Crippen molar-refractivity contribution < 1.29 is 4.79 Å². The number of hydrogen-bond donors (Lipinski definition) is 2. The summed E-state index contributed by atoms with van der Waals surface area (Å²) in [6, 6.07) is 1.54. The van der Waals surface area contributed by atoms with Crippen LogP contribution in [0.4, 0.5) is 10.6 Å². The molecule has 106 valence electrons. The molecule has 0 radical (unpaired) electrons. The van der Waals surface area contributed by atoms with E-state index in [1.165, 1.54) is 0 Å². The lowest BCUT2D eigenvalue weighted by Gasteiger charge is -2.07. The fourth-order valence-corrected chi connectivity index (χ4v) is 2.39. The van der Waals surface area contributed by atoms with Crippen LogP contribution in [0.5, 0.6) is 0 Å². The molecule has 2 aromatic heterocycles. The van der Waals surface area contributed by atoms with Crippen molar-refractivity contribution in [2.75, 3.05) is 5.32 Å². The van der Waals surface area contributed by atoms with E-state index in [1.807, 2.05) is 13.0 Å². The number of nitrogens with one attached hydrogen (secondary N) is 2. The summed E-state index contributed by atoms with van der Waals surface area (Å²) in [5.41, 5.74) is 0.859. The lowest BCUT2D eigenvalue weighted by molar-refractivity contribution is 0.251. The summed E-state index contributed by atoms with van der Waals surface area (Å²) in [4.78, 5) is 11.8. The maximum atomic E-state index is 11.8. The minimum absolute atomic E-state index is 0.275. The molecule has 0 fully saturated rings. The Morgan fingerprint density at radius 3 is 3.05 bits per heavy atom. The summed E-state index contributed by atoms with van der Waals surface area (Å²) in [6.07, 6.45) is 2.06. The highest BCUT2D eigenvalue weighted by atomic mass is 16.2. The van der Waals surface area contributed by atoms with Crippen molar-refractivity contribution in [2.45, 2.75) is 32.9 Å². The van der Waals surface area contributed by atoms with Gasteiger partial charge < -0.3 is 9.88 Å². The van der Waals surface area contributed by atoms with E-state index < -0.39 is 0 Å². The Morgan fingerprint density at radius 2 is 2.30 bits per heavy atom. The van der Waals surface area contributed by atoms with E-state index in [1.54, 1.807) is 11.7 Å². The first-order valence-corrected chi connectivity index (χ1v) is 6.60. The van der Waals surface area contributed by atoms with Crippen LogP contribution in [0.15, 0.2) is 6.07 Å². The predicted octanol–water partition coefficient (Wildman–Crippen LogP) is 0.588. The molecule has 0 bridgehead atoms. The number of rotatable bonds is 3. The van der Waals surface area contributed by atoms with Gasteiger partial charge >= 0.3 is 6.03 Å². The molecule has 2 aromatic rings. The second kappa shape index (κ2) is 4.95. The Morgan fingerprint density at radius 1 is 1.45 bits per heavy atom. The summed E-state index contributed by atoms with van der Waals surface area (Å²) in [6.45, 7) is 3.18. The number of amides is 2. The van der Waals surface area contributed by atoms with Gasteiger partial charge in [-0.1, -0.05) is 0 Å². The molecule has 0 saturated carbocycles. The zero-order chi connectivity index (χ0) is 14.1. The number of carbonyl (C=O) groups excluding carboxylic acids is 1. The first-order chi connectivity index (χ1) is 9.63. The number of fused-ring (bicyclic) bond motifs is 1. The molecule has 3 heterocycles. The van der Waals surface area contributed by atoms with E-state index in [4.69, 9.17) is 0 Å². The predicted molar refractivity (Wildman–Crippen MR) is 72.1 cm³/mol. The van der Waals surface area contributed by atoms with Crippen LogP contribution < -0.4 is 10.6 Å². The fourth-order valence-electron chi connectivity index (χ4n) is 2.39. The molecule has 0 atom stereocenters. The number of urea groups is 1. The van der Waals surface area contributed by atoms with Gasteiger partial charge in [0.25, 0.3) is 0 Å². The van der Waals surface area contributed by atoms with Gasteiger partial charge in [-0.05, 0) is 13.3 Å². The average molecular weight is 275 g/mol. The molecule has 2 amide bonds. The normalized spacial score (nSPS) is 13.3. The quantitative estimate of drug-likeness (QED) is 0.857. The minimum atomic E-state index is -0.275. The van der Waals surface area contributed by atoms with E-state index in [-0.39, 0.29) is 6.03 Å². The topological polar surface area (TPSA) is 89.7 Å². The van der Waals surface area contributed by atoms with Crippen molar-refractivity contribution in [3.8, 4) is 0 Å². The standard InChI is InChI=1S/C12H17N7O/c1-8-6-10(18(2)17-8)14-12(20)13-7-11-16-15-9-4-3-5-19(9)11/h6H,3-5,7H2,1-2H3,(H2,13,14,20). The molecule has 8 heteroatoms. The van der Waals surface area contributed by atoms with Crippen molar-refractivity contribution in [3.63, 3.8) is 0 Å². The highest BCUT2D eigenvalue weighted by molar-refractivity contribution is 5.88. The Labute approximate surface area is 116 Å². The number of carbonyl (C=O) groups is 1. The molecular formula is C12H17N7O. The maximum absolute atomic E-state index is 11.8. The molecule has 3 rings (SSSR count). The van der Waals surface area contributed by atoms with Crippen LogP contribution in [0.2, 0.25) is 0 Å². The number of hydrogen-bond acceptors (Lipinski definition) is 4. The molecule has 0 spiro atoms. The molecule has 8 nitrogen and oxygen atoms in total. The van der Waals surface area contributed by atoms with Gasteiger partial charge in [0.05, 0.1) is 12.2 Å². The van der Waals surface area contributed by atoms with Crippen molar-refractivity contribution in [1.29, 1.82) is 0 Å². The van der Waals surface area contributed by atoms with E-state index in [0.717, 1.165) is 36.7 Å². The summed E-state index contributed by atoms with van der Waals surface area (Å²) < 4.78 is 3.69. The lowest BCUT2D eigenvalue weighted by Crippen LogP contribution is -2.30. The van der Waals surface area contributed by atoms with Crippen LogP contribution in [0.3, 0.4) is 0 Å². The lowest BCUT2D eigenvalue weighted by atomic mass is 10.4. The second-order valence-electron chi connectivity index (χ2n) is 4.89. The molecule has 1 aliphatic heterocycles. The number of aromatic nitrogens is 5. The van der Waals surface area contributed by atoms with Crippen molar-refractivity contribution >= 4 is 11.8 Å². The number of nitrogens with zero attached hydrogens (tertiary/aromatic N) is 5. The third-order valence-electron chi connectivity index (χ3n) is 3.34. The zero-order valence-electron chi connectivity index (χ0n) is 11.6. The highest BCUT2D eigenvalue weighted by Crippen LogP contribution is 2.13. The summed E-state index contributed by atoms with van der Waals surface area (Å²) in [5, 5.41) is 17.9. The second-order valence-corrected chi connectivity index (χ2v) is 4.89. The summed E-state index contributed by atoms with van der Waals surface area (Å²) in [7, 11) is 1.79. The van der Waals surface area contributed by atoms with Gasteiger partial charge in [0.2, 0.25) is 0 Å². The van der Waals surface area contributed by atoms with Crippen LogP contribution >= 0.6 is 0 Å². The van der Waals surface area contributed by atoms with Crippen LogP contribution in [-0.2, 0) is 26.6 Å². The monoisotopic (exact) mass is 275 g/mol. The molecule has 0 aromatic carbocycles. The Hall–Kier alpha value is -2.38. The van der Waals surface area contributed by atoms with E-state index >= 15 is 0 Å². The van der Waals surface area contributed by atoms with Crippen LogP contribution in [0, 0.1) is 6.92 Å². The van der Waals surface area contributed by atoms with Gasteiger partial charge in [0.15, 0.2) is 5.82 Å². The van der Waals surface area contributed by atoms with E-state index in [9.17, 15) is 4.79 Å². The zero-order valence-corrected chi connectivity index (χ0v) is 11.6. The van der Waals surface area contributed by atoms with Crippen molar-refractivity contribution in [3.05, 3.63) is 23.4 Å². The van der Waals surface area contributed by atoms with Crippen molar-refractivity contribution in [2.24, 2.45) is 7.05 Å². The Kier molecular flexibility index (Phi) is 3.13.